The Bertz CT molecular complexity index is 1040. The number of dihydropyridines is 1. The maximum atomic E-state index is 15.1. The minimum Gasteiger partial charge on any atom is -0.468 e. The number of benzene rings is 1. The molecule has 0 radical (unpaired) electrons. The van der Waals surface area contributed by atoms with Crippen LogP contribution in [0.15, 0.2) is 46.8 Å². The van der Waals surface area contributed by atoms with Crippen LogP contribution in [-0.2, 0) is 23.9 Å². The summed E-state index contributed by atoms with van der Waals surface area (Å²) in [5, 5.41) is 3.21. The van der Waals surface area contributed by atoms with Gasteiger partial charge in [-0.15, -0.1) is 0 Å². The number of halogens is 1. The highest BCUT2D eigenvalue weighted by atomic mass is 19.1. The van der Waals surface area contributed by atoms with Crippen molar-refractivity contribution < 1.29 is 28.2 Å². The van der Waals surface area contributed by atoms with Crippen molar-refractivity contribution in [2.24, 2.45) is 11.8 Å². The van der Waals surface area contributed by atoms with Crippen molar-refractivity contribution in [1.29, 1.82) is 0 Å². The second kappa shape index (κ2) is 9.49. The molecule has 1 aromatic rings. The van der Waals surface area contributed by atoms with Gasteiger partial charge in [-0.25, -0.2) is 9.18 Å². The predicted octanol–water partition coefficient (Wildman–Crippen LogP) is 4.31. The standard InChI is InChI=1S/C26H30FNO5/c1-14-13-19-23(24(29)20(14)25(30)32-3)22(17-11-7-8-12-18(17)27)21(15(2)28-19)26(31)33-16-9-5-4-6-10-16/h7-8,11-12,14,16,20,22,28H,4-6,9-10,13H2,1-3H3/t14-,20-,22+/m0/s1. The van der Waals surface area contributed by atoms with E-state index in [-0.39, 0.29) is 28.7 Å². The molecule has 6 nitrogen and oxygen atoms in total. The first kappa shape index (κ1) is 23.2. The Labute approximate surface area is 193 Å². The molecule has 0 unspecified atom stereocenters. The summed E-state index contributed by atoms with van der Waals surface area (Å²) in [6.07, 6.45) is 4.93. The lowest BCUT2D eigenvalue weighted by Gasteiger charge is -2.38. The SMILES string of the molecule is COC(=O)[C@@H]1C(=O)C2=C(C[C@@H]1C)NC(C)=C(C(=O)OC1CCCCC1)[C@H]2c1ccccc1F. The molecule has 1 saturated carbocycles. The molecule has 1 heterocycles. The van der Waals surface area contributed by atoms with Crippen molar-refractivity contribution >= 4 is 17.7 Å². The summed E-state index contributed by atoms with van der Waals surface area (Å²) < 4.78 is 25.8. The molecule has 2 aliphatic carbocycles. The minimum absolute atomic E-state index is 0.187. The number of ketones is 1. The average Bonchev–Trinajstić information content (AvgIpc) is 2.79. The van der Waals surface area contributed by atoms with Gasteiger partial charge in [-0.3, -0.25) is 9.59 Å². The van der Waals surface area contributed by atoms with E-state index in [1.165, 1.54) is 13.2 Å². The summed E-state index contributed by atoms with van der Waals surface area (Å²) in [4.78, 5) is 39.5. The molecule has 0 spiro atoms. The molecule has 176 valence electrons. The van der Waals surface area contributed by atoms with E-state index < -0.39 is 35.4 Å². The van der Waals surface area contributed by atoms with Gasteiger partial charge in [0.1, 0.15) is 17.8 Å². The molecule has 0 aromatic heterocycles. The first-order valence-corrected chi connectivity index (χ1v) is 11.6. The zero-order chi connectivity index (χ0) is 23.7. The molecule has 1 aromatic carbocycles. The van der Waals surface area contributed by atoms with Gasteiger partial charge in [0.25, 0.3) is 0 Å². The van der Waals surface area contributed by atoms with Crippen molar-refractivity contribution in [1.82, 2.24) is 5.32 Å². The van der Waals surface area contributed by atoms with Crippen molar-refractivity contribution in [2.75, 3.05) is 7.11 Å². The molecule has 0 saturated heterocycles. The number of nitrogens with one attached hydrogen (secondary N) is 1. The van der Waals surface area contributed by atoms with Gasteiger partial charge in [-0.2, -0.15) is 0 Å². The highest BCUT2D eigenvalue weighted by Gasteiger charge is 2.48. The van der Waals surface area contributed by atoms with Crippen molar-refractivity contribution in [3.05, 3.63) is 58.2 Å². The van der Waals surface area contributed by atoms with Crippen molar-refractivity contribution in [3.63, 3.8) is 0 Å². The van der Waals surface area contributed by atoms with Crippen molar-refractivity contribution in [3.8, 4) is 0 Å². The summed E-state index contributed by atoms with van der Waals surface area (Å²) in [6.45, 7) is 3.56. The second-order valence-corrected chi connectivity index (χ2v) is 9.22. The number of methoxy groups -OCH3 is 1. The monoisotopic (exact) mass is 455 g/mol. The third-order valence-electron chi connectivity index (χ3n) is 7.01. The number of allylic oxidation sites excluding steroid dienone is 3. The van der Waals surface area contributed by atoms with E-state index >= 15 is 4.39 Å². The number of ether oxygens (including phenoxy) is 2. The Morgan fingerprint density at radius 1 is 1.12 bits per heavy atom. The van der Waals surface area contributed by atoms with E-state index in [2.05, 4.69) is 5.32 Å². The maximum absolute atomic E-state index is 15.1. The third-order valence-corrected chi connectivity index (χ3v) is 7.01. The Balaban J connectivity index is 1.80. The molecule has 1 N–H and O–H groups in total. The molecular formula is C26H30FNO5. The Morgan fingerprint density at radius 2 is 1.82 bits per heavy atom. The number of Topliss-reactive ketones (excluding diaryl/α,β-unsaturated/α-hetero) is 1. The van der Waals surface area contributed by atoms with Crippen LogP contribution in [-0.4, -0.2) is 30.9 Å². The first-order valence-electron chi connectivity index (χ1n) is 11.6. The highest BCUT2D eigenvalue weighted by Crippen LogP contribution is 2.46. The van der Waals surface area contributed by atoms with Gasteiger partial charge in [-0.1, -0.05) is 31.5 Å². The molecule has 0 amide bonds. The van der Waals surface area contributed by atoms with Crippen LogP contribution in [0.25, 0.3) is 0 Å². The fourth-order valence-corrected chi connectivity index (χ4v) is 5.37. The molecule has 1 fully saturated rings. The maximum Gasteiger partial charge on any atom is 0.337 e. The lowest BCUT2D eigenvalue weighted by atomic mass is 9.69. The summed E-state index contributed by atoms with van der Waals surface area (Å²) in [6, 6.07) is 6.13. The summed E-state index contributed by atoms with van der Waals surface area (Å²) >= 11 is 0. The van der Waals surface area contributed by atoms with E-state index in [1.807, 2.05) is 6.92 Å². The van der Waals surface area contributed by atoms with Crippen molar-refractivity contribution in [2.45, 2.75) is 64.4 Å². The quantitative estimate of drug-likeness (QED) is 0.538. The lowest BCUT2D eigenvalue weighted by molar-refractivity contribution is -0.151. The van der Waals surface area contributed by atoms with Crippen LogP contribution in [0.1, 0.15) is 63.9 Å². The van der Waals surface area contributed by atoms with E-state index in [9.17, 15) is 14.4 Å². The van der Waals surface area contributed by atoms with Crippen LogP contribution in [0.2, 0.25) is 0 Å². The van der Waals surface area contributed by atoms with Gasteiger partial charge < -0.3 is 14.8 Å². The Kier molecular flexibility index (Phi) is 6.68. The van der Waals surface area contributed by atoms with Crippen LogP contribution < -0.4 is 5.32 Å². The zero-order valence-electron chi connectivity index (χ0n) is 19.3. The number of hydrogen-bond acceptors (Lipinski definition) is 6. The molecular weight excluding hydrogens is 425 g/mol. The van der Waals surface area contributed by atoms with E-state index in [4.69, 9.17) is 9.47 Å². The smallest absolute Gasteiger partial charge is 0.337 e. The van der Waals surface area contributed by atoms with E-state index in [0.717, 1.165) is 32.1 Å². The molecule has 33 heavy (non-hydrogen) atoms. The minimum atomic E-state index is -1.00. The number of esters is 2. The average molecular weight is 456 g/mol. The normalized spacial score (nSPS) is 25.9. The number of hydrogen-bond donors (Lipinski definition) is 1. The number of carbonyl (C=O) groups is 3. The zero-order valence-corrected chi connectivity index (χ0v) is 19.3. The predicted molar refractivity (Wildman–Crippen MR) is 119 cm³/mol. The first-order chi connectivity index (χ1) is 15.8. The largest absolute Gasteiger partial charge is 0.468 e. The Hall–Kier alpha value is -2.96. The van der Waals surface area contributed by atoms with Gasteiger partial charge in [-0.05, 0) is 51.0 Å². The lowest BCUT2D eigenvalue weighted by Crippen LogP contribution is -2.43. The van der Waals surface area contributed by atoms with Gasteiger partial charge in [0.05, 0.1) is 18.6 Å². The van der Waals surface area contributed by atoms with Gasteiger partial charge >= 0.3 is 11.9 Å². The fourth-order valence-electron chi connectivity index (χ4n) is 5.37. The van der Waals surface area contributed by atoms with Crippen LogP contribution in [0, 0.1) is 17.7 Å². The topological polar surface area (TPSA) is 81.7 Å². The summed E-state index contributed by atoms with van der Waals surface area (Å²) in [5.41, 5.74) is 1.84. The highest BCUT2D eigenvalue weighted by molar-refractivity contribution is 6.12. The molecule has 3 atom stereocenters. The molecule has 0 bridgehead atoms. The number of carbonyl (C=O) groups excluding carboxylic acids is 3. The van der Waals surface area contributed by atoms with Crippen LogP contribution in [0.3, 0.4) is 0 Å². The van der Waals surface area contributed by atoms with Gasteiger partial charge in [0.15, 0.2) is 5.78 Å². The summed E-state index contributed by atoms with van der Waals surface area (Å²) in [5.74, 6) is -4.37. The van der Waals surface area contributed by atoms with Crippen LogP contribution >= 0.6 is 0 Å². The Morgan fingerprint density at radius 3 is 2.48 bits per heavy atom. The van der Waals surface area contributed by atoms with E-state index in [1.54, 1.807) is 25.1 Å². The summed E-state index contributed by atoms with van der Waals surface area (Å²) in [7, 11) is 1.25. The molecule has 3 aliphatic rings. The van der Waals surface area contributed by atoms with E-state index in [0.29, 0.717) is 17.8 Å². The fraction of sp³-hybridized carbons (Fsp3) is 0.500. The molecule has 7 heteroatoms. The van der Waals surface area contributed by atoms with Crippen LogP contribution in [0.4, 0.5) is 4.39 Å². The number of rotatable bonds is 4. The van der Waals surface area contributed by atoms with Gasteiger partial charge in [0.2, 0.25) is 0 Å². The van der Waals surface area contributed by atoms with Gasteiger partial charge in [0, 0.05) is 22.5 Å². The third kappa shape index (κ3) is 4.33. The molecule has 4 rings (SSSR count). The molecule has 1 aliphatic heterocycles. The second-order valence-electron chi connectivity index (χ2n) is 9.22. The van der Waals surface area contributed by atoms with Crippen LogP contribution in [0.5, 0.6) is 0 Å².